The molecule has 0 aliphatic carbocycles. The Morgan fingerprint density at radius 1 is 1.13 bits per heavy atom. The van der Waals surface area contributed by atoms with Crippen molar-refractivity contribution in [2.45, 2.75) is 6.92 Å². The SMILES string of the molecule is CC#Cc1cccc(-c2ccccc2)c1-n1cc(C(N)=O)cn1. The van der Waals surface area contributed by atoms with Crippen molar-refractivity contribution < 1.29 is 4.79 Å². The van der Waals surface area contributed by atoms with Crippen LogP contribution in [0.25, 0.3) is 16.8 Å². The van der Waals surface area contributed by atoms with Crippen molar-refractivity contribution in [3.05, 3.63) is 72.1 Å². The van der Waals surface area contributed by atoms with Crippen LogP contribution in [-0.4, -0.2) is 15.7 Å². The Morgan fingerprint density at radius 3 is 2.57 bits per heavy atom. The lowest BCUT2D eigenvalue weighted by atomic mass is 10.00. The molecule has 0 bridgehead atoms. The van der Waals surface area contributed by atoms with Crippen LogP contribution in [0.5, 0.6) is 0 Å². The van der Waals surface area contributed by atoms with E-state index in [0.717, 1.165) is 22.4 Å². The summed E-state index contributed by atoms with van der Waals surface area (Å²) in [6.45, 7) is 1.79. The van der Waals surface area contributed by atoms with Crippen LogP contribution in [0.2, 0.25) is 0 Å². The number of hydrogen-bond donors (Lipinski definition) is 1. The van der Waals surface area contributed by atoms with Crippen molar-refractivity contribution in [1.82, 2.24) is 9.78 Å². The van der Waals surface area contributed by atoms with Gasteiger partial charge in [0.25, 0.3) is 5.91 Å². The molecule has 1 aromatic heterocycles. The molecule has 23 heavy (non-hydrogen) atoms. The molecule has 1 amide bonds. The maximum absolute atomic E-state index is 11.4. The Bertz CT molecular complexity index is 915. The van der Waals surface area contributed by atoms with E-state index >= 15 is 0 Å². The highest BCUT2D eigenvalue weighted by Crippen LogP contribution is 2.29. The van der Waals surface area contributed by atoms with E-state index in [4.69, 9.17) is 5.73 Å². The van der Waals surface area contributed by atoms with Gasteiger partial charge in [0.2, 0.25) is 0 Å². The summed E-state index contributed by atoms with van der Waals surface area (Å²) < 4.78 is 1.65. The zero-order chi connectivity index (χ0) is 16.2. The molecule has 0 aliphatic heterocycles. The zero-order valence-corrected chi connectivity index (χ0v) is 12.7. The number of para-hydroxylation sites is 1. The Labute approximate surface area is 134 Å². The molecule has 2 aromatic carbocycles. The van der Waals surface area contributed by atoms with Gasteiger partial charge in [-0.15, -0.1) is 5.92 Å². The Morgan fingerprint density at radius 2 is 1.91 bits per heavy atom. The lowest BCUT2D eigenvalue weighted by molar-refractivity contribution is 0.100. The molecule has 112 valence electrons. The predicted molar refractivity (Wildman–Crippen MR) is 90.1 cm³/mol. The van der Waals surface area contributed by atoms with Crippen molar-refractivity contribution >= 4 is 5.91 Å². The van der Waals surface area contributed by atoms with Crippen LogP contribution < -0.4 is 5.73 Å². The Balaban J connectivity index is 2.26. The van der Waals surface area contributed by atoms with Gasteiger partial charge in [-0.1, -0.05) is 48.4 Å². The van der Waals surface area contributed by atoms with Crippen LogP contribution >= 0.6 is 0 Å². The first-order valence-corrected chi connectivity index (χ1v) is 7.16. The summed E-state index contributed by atoms with van der Waals surface area (Å²) in [6.07, 6.45) is 3.10. The highest BCUT2D eigenvalue weighted by Gasteiger charge is 2.13. The van der Waals surface area contributed by atoms with E-state index in [9.17, 15) is 4.79 Å². The molecule has 0 saturated heterocycles. The highest BCUT2D eigenvalue weighted by atomic mass is 16.1. The summed E-state index contributed by atoms with van der Waals surface area (Å²) in [4.78, 5) is 11.4. The fraction of sp³-hybridized carbons (Fsp3) is 0.0526. The predicted octanol–water partition coefficient (Wildman–Crippen LogP) is 3.01. The topological polar surface area (TPSA) is 60.9 Å². The molecule has 0 saturated carbocycles. The van der Waals surface area contributed by atoms with E-state index in [1.54, 1.807) is 17.8 Å². The standard InChI is InChI=1S/C19H15N3O/c1-2-7-15-10-6-11-17(14-8-4-3-5-9-14)18(15)22-13-16(12-21-22)19(20)23/h3-6,8-13H,1H3,(H2,20,23). The largest absolute Gasteiger partial charge is 0.366 e. The average molecular weight is 301 g/mol. The van der Waals surface area contributed by atoms with E-state index in [0.29, 0.717) is 5.56 Å². The lowest BCUT2D eigenvalue weighted by Gasteiger charge is -2.12. The number of amides is 1. The molecular weight excluding hydrogens is 286 g/mol. The van der Waals surface area contributed by atoms with Gasteiger partial charge < -0.3 is 5.73 Å². The highest BCUT2D eigenvalue weighted by molar-refractivity contribution is 5.92. The molecule has 0 spiro atoms. The number of nitrogens with zero attached hydrogens (tertiary/aromatic N) is 2. The summed E-state index contributed by atoms with van der Waals surface area (Å²) in [5, 5.41) is 4.28. The Kier molecular flexibility index (Phi) is 3.94. The van der Waals surface area contributed by atoms with Crippen LogP contribution in [0.4, 0.5) is 0 Å². The first-order chi connectivity index (χ1) is 11.2. The van der Waals surface area contributed by atoms with Gasteiger partial charge in [-0.2, -0.15) is 5.10 Å². The minimum Gasteiger partial charge on any atom is -0.366 e. The van der Waals surface area contributed by atoms with Gasteiger partial charge in [0.1, 0.15) is 0 Å². The minimum absolute atomic E-state index is 0.364. The van der Waals surface area contributed by atoms with E-state index in [1.807, 2.05) is 48.5 Å². The summed E-state index contributed by atoms with van der Waals surface area (Å²) in [7, 11) is 0. The maximum atomic E-state index is 11.4. The van der Waals surface area contributed by atoms with Crippen molar-refractivity contribution in [2.24, 2.45) is 5.73 Å². The molecule has 0 aliphatic rings. The van der Waals surface area contributed by atoms with Crippen LogP contribution in [0.15, 0.2) is 60.9 Å². The van der Waals surface area contributed by atoms with Gasteiger partial charge in [-0.25, -0.2) is 4.68 Å². The summed E-state index contributed by atoms with van der Waals surface area (Å²) in [5.74, 6) is 5.51. The van der Waals surface area contributed by atoms with Crippen LogP contribution in [0.1, 0.15) is 22.8 Å². The van der Waals surface area contributed by atoms with Crippen molar-refractivity contribution in [2.75, 3.05) is 0 Å². The second-order valence-corrected chi connectivity index (χ2v) is 4.98. The van der Waals surface area contributed by atoms with Crippen LogP contribution in [-0.2, 0) is 0 Å². The first-order valence-electron chi connectivity index (χ1n) is 7.16. The summed E-state index contributed by atoms with van der Waals surface area (Å²) in [6, 6.07) is 15.9. The second-order valence-electron chi connectivity index (χ2n) is 4.98. The molecule has 2 N–H and O–H groups in total. The fourth-order valence-electron chi connectivity index (χ4n) is 2.45. The number of benzene rings is 2. The minimum atomic E-state index is -0.503. The van der Waals surface area contributed by atoms with E-state index in [2.05, 4.69) is 16.9 Å². The number of primary amides is 1. The average Bonchev–Trinajstić information content (AvgIpc) is 3.06. The number of carbonyl (C=O) groups excluding carboxylic acids is 1. The normalized spacial score (nSPS) is 9.96. The first kappa shape index (κ1) is 14.6. The fourth-order valence-corrected chi connectivity index (χ4v) is 2.45. The molecule has 4 heteroatoms. The number of hydrogen-bond acceptors (Lipinski definition) is 2. The van der Waals surface area contributed by atoms with Crippen LogP contribution in [0.3, 0.4) is 0 Å². The van der Waals surface area contributed by atoms with Gasteiger partial charge in [-0.05, 0) is 18.6 Å². The Hall–Kier alpha value is -3.32. The van der Waals surface area contributed by atoms with Crippen LogP contribution in [0, 0.1) is 11.8 Å². The number of rotatable bonds is 3. The van der Waals surface area contributed by atoms with Gasteiger partial charge in [0.05, 0.1) is 23.0 Å². The van der Waals surface area contributed by atoms with Gasteiger partial charge in [0, 0.05) is 11.8 Å². The number of carbonyl (C=O) groups is 1. The van der Waals surface area contributed by atoms with Crippen molar-refractivity contribution in [3.63, 3.8) is 0 Å². The molecule has 0 fully saturated rings. The summed E-state index contributed by atoms with van der Waals surface area (Å²) in [5.41, 5.74) is 9.41. The molecule has 3 rings (SSSR count). The third kappa shape index (κ3) is 2.85. The van der Waals surface area contributed by atoms with Gasteiger partial charge in [0.15, 0.2) is 0 Å². The number of aromatic nitrogens is 2. The van der Waals surface area contributed by atoms with E-state index in [1.165, 1.54) is 6.20 Å². The third-order valence-corrected chi connectivity index (χ3v) is 3.48. The monoisotopic (exact) mass is 301 g/mol. The van der Waals surface area contributed by atoms with Crippen molar-refractivity contribution in [3.8, 4) is 28.7 Å². The van der Waals surface area contributed by atoms with Gasteiger partial charge >= 0.3 is 0 Å². The molecule has 0 unspecified atom stereocenters. The molecule has 4 nitrogen and oxygen atoms in total. The zero-order valence-electron chi connectivity index (χ0n) is 12.7. The molecule has 1 heterocycles. The lowest BCUT2D eigenvalue weighted by Crippen LogP contribution is -2.09. The van der Waals surface area contributed by atoms with Gasteiger partial charge in [-0.3, -0.25) is 4.79 Å². The maximum Gasteiger partial charge on any atom is 0.251 e. The molecular formula is C19H15N3O. The smallest absolute Gasteiger partial charge is 0.251 e. The third-order valence-electron chi connectivity index (χ3n) is 3.48. The van der Waals surface area contributed by atoms with Crippen molar-refractivity contribution in [1.29, 1.82) is 0 Å². The molecule has 0 radical (unpaired) electrons. The molecule has 3 aromatic rings. The molecule has 0 atom stereocenters. The van der Waals surface area contributed by atoms with E-state index < -0.39 is 5.91 Å². The van der Waals surface area contributed by atoms with E-state index in [-0.39, 0.29) is 0 Å². The number of nitrogens with two attached hydrogens (primary N) is 1. The second kappa shape index (κ2) is 6.20. The quantitative estimate of drug-likeness (QED) is 0.756. The summed E-state index contributed by atoms with van der Waals surface area (Å²) >= 11 is 0.